The topological polar surface area (TPSA) is 24.4 Å². The summed E-state index contributed by atoms with van der Waals surface area (Å²) >= 11 is 6.19. The quantitative estimate of drug-likeness (QED) is 0.844. The summed E-state index contributed by atoms with van der Waals surface area (Å²) in [5.41, 5.74) is 1.14. The summed E-state index contributed by atoms with van der Waals surface area (Å²) in [6.07, 6.45) is 4.80. The Morgan fingerprint density at radius 3 is 2.88 bits per heavy atom. The number of hydrogen-bond donors (Lipinski definition) is 1. The monoisotopic (exact) mass is 250 g/mol. The van der Waals surface area contributed by atoms with Gasteiger partial charge in [0.15, 0.2) is 0 Å². The van der Waals surface area contributed by atoms with Gasteiger partial charge in [0, 0.05) is 18.0 Å². The molecule has 1 heterocycles. The predicted molar refractivity (Wildman–Crippen MR) is 73.8 cm³/mol. The largest absolute Gasteiger partial charge is 0.367 e. The van der Waals surface area contributed by atoms with Gasteiger partial charge in [-0.15, -0.1) is 0 Å². The molecule has 0 bridgehead atoms. The molecule has 1 aliphatic rings. The van der Waals surface area contributed by atoms with Crippen molar-refractivity contribution in [2.45, 2.75) is 38.6 Å². The van der Waals surface area contributed by atoms with Gasteiger partial charge in [0.25, 0.3) is 0 Å². The van der Waals surface area contributed by atoms with Gasteiger partial charge in [-0.1, -0.05) is 36.2 Å². The molecule has 92 valence electrons. The fourth-order valence-electron chi connectivity index (χ4n) is 2.15. The number of nitrogens with zero attached hydrogens (tertiary/aromatic N) is 1. The van der Waals surface area contributed by atoms with Crippen molar-refractivity contribution >= 4 is 17.4 Å². The maximum atomic E-state index is 6.19. The van der Waals surface area contributed by atoms with Crippen molar-refractivity contribution in [3.05, 3.63) is 34.9 Å². The Kier molecular flexibility index (Phi) is 4.43. The van der Waals surface area contributed by atoms with E-state index >= 15 is 0 Å². The Morgan fingerprint density at radius 2 is 2.06 bits per heavy atom. The minimum Gasteiger partial charge on any atom is -0.367 e. The normalized spacial score (nSPS) is 18.1. The highest BCUT2D eigenvalue weighted by atomic mass is 35.5. The lowest BCUT2D eigenvalue weighted by Gasteiger charge is -2.18. The van der Waals surface area contributed by atoms with Gasteiger partial charge in [0.05, 0.1) is 11.9 Å². The number of hydrogen-bond acceptors (Lipinski definition) is 2. The summed E-state index contributed by atoms with van der Waals surface area (Å²) in [5.74, 6) is 1.13. The molecule has 3 heteroatoms. The molecule has 1 aromatic rings. The van der Waals surface area contributed by atoms with Gasteiger partial charge in [0.2, 0.25) is 0 Å². The van der Waals surface area contributed by atoms with Crippen LogP contribution in [-0.4, -0.2) is 12.4 Å². The van der Waals surface area contributed by atoms with E-state index in [0.717, 1.165) is 29.4 Å². The second-order valence-electron chi connectivity index (χ2n) is 4.53. The van der Waals surface area contributed by atoms with Crippen LogP contribution in [0.3, 0.4) is 0 Å². The van der Waals surface area contributed by atoms with Crippen LogP contribution < -0.4 is 5.32 Å². The standard InChI is InChI=1S/C14H19ClN2/c1-11(12-7-4-5-8-13(12)15)17-14-9-3-2-6-10-16-14/h4-5,7-8,11H,2-3,6,9-10H2,1H3,(H,16,17). The third kappa shape index (κ3) is 3.47. The maximum Gasteiger partial charge on any atom is 0.0967 e. The Balaban J connectivity index is 2.03. The zero-order valence-corrected chi connectivity index (χ0v) is 11.0. The number of aliphatic imine (C=N–C) groups is 1. The molecule has 2 rings (SSSR count). The first-order valence-electron chi connectivity index (χ1n) is 6.31. The fraction of sp³-hybridized carbons (Fsp3) is 0.500. The lowest BCUT2D eigenvalue weighted by Crippen LogP contribution is -2.26. The van der Waals surface area contributed by atoms with Gasteiger partial charge in [-0.25, -0.2) is 0 Å². The molecule has 0 radical (unpaired) electrons. The second-order valence-corrected chi connectivity index (χ2v) is 4.93. The van der Waals surface area contributed by atoms with Crippen molar-refractivity contribution in [2.75, 3.05) is 6.54 Å². The van der Waals surface area contributed by atoms with Crippen molar-refractivity contribution in [3.63, 3.8) is 0 Å². The van der Waals surface area contributed by atoms with Gasteiger partial charge in [-0.2, -0.15) is 0 Å². The van der Waals surface area contributed by atoms with Crippen LogP contribution in [0.4, 0.5) is 0 Å². The molecule has 0 saturated carbocycles. The van der Waals surface area contributed by atoms with Gasteiger partial charge in [-0.3, -0.25) is 4.99 Å². The molecule has 1 unspecified atom stereocenters. The molecular weight excluding hydrogens is 232 g/mol. The van der Waals surface area contributed by atoms with E-state index in [2.05, 4.69) is 23.3 Å². The van der Waals surface area contributed by atoms with E-state index in [0.29, 0.717) is 0 Å². The molecule has 1 aliphatic heterocycles. The van der Waals surface area contributed by atoms with Crippen molar-refractivity contribution in [2.24, 2.45) is 4.99 Å². The molecular formula is C14H19ClN2. The fourth-order valence-corrected chi connectivity index (χ4v) is 2.45. The highest BCUT2D eigenvalue weighted by Crippen LogP contribution is 2.22. The third-order valence-corrected chi connectivity index (χ3v) is 3.47. The van der Waals surface area contributed by atoms with E-state index < -0.39 is 0 Å². The summed E-state index contributed by atoms with van der Waals surface area (Å²) in [7, 11) is 0. The minimum absolute atomic E-state index is 0.223. The Labute approximate surface area is 108 Å². The van der Waals surface area contributed by atoms with Crippen LogP contribution >= 0.6 is 11.6 Å². The average Bonchev–Trinajstić information content (AvgIpc) is 2.58. The predicted octanol–water partition coefficient (Wildman–Crippen LogP) is 3.96. The summed E-state index contributed by atoms with van der Waals surface area (Å²) < 4.78 is 0. The lowest BCUT2D eigenvalue weighted by molar-refractivity contribution is 0.693. The number of amidine groups is 1. The summed E-state index contributed by atoms with van der Waals surface area (Å²) in [6.45, 7) is 3.09. The molecule has 2 nitrogen and oxygen atoms in total. The molecule has 0 aliphatic carbocycles. The van der Waals surface area contributed by atoms with Crippen molar-refractivity contribution < 1.29 is 0 Å². The molecule has 0 spiro atoms. The van der Waals surface area contributed by atoms with Crippen LogP contribution in [-0.2, 0) is 0 Å². The van der Waals surface area contributed by atoms with E-state index in [1.54, 1.807) is 0 Å². The number of rotatable bonds is 2. The van der Waals surface area contributed by atoms with Gasteiger partial charge in [-0.05, 0) is 31.4 Å². The Bertz CT molecular complexity index is 401. The van der Waals surface area contributed by atoms with Crippen molar-refractivity contribution in [1.29, 1.82) is 0 Å². The summed E-state index contributed by atoms with van der Waals surface area (Å²) in [5, 5.41) is 4.30. The van der Waals surface area contributed by atoms with Gasteiger partial charge in [0.1, 0.15) is 0 Å². The zero-order chi connectivity index (χ0) is 12.1. The number of benzene rings is 1. The highest BCUT2D eigenvalue weighted by molar-refractivity contribution is 6.31. The number of nitrogens with one attached hydrogen (secondary N) is 1. The van der Waals surface area contributed by atoms with Crippen LogP contribution in [0, 0.1) is 0 Å². The van der Waals surface area contributed by atoms with Gasteiger partial charge >= 0.3 is 0 Å². The van der Waals surface area contributed by atoms with E-state index in [9.17, 15) is 0 Å². The van der Waals surface area contributed by atoms with E-state index in [4.69, 9.17) is 11.6 Å². The van der Waals surface area contributed by atoms with E-state index in [1.807, 2.05) is 18.2 Å². The Morgan fingerprint density at radius 1 is 1.24 bits per heavy atom. The van der Waals surface area contributed by atoms with Crippen LogP contribution in [0.1, 0.15) is 44.2 Å². The molecule has 1 atom stereocenters. The number of halogens is 1. The van der Waals surface area contributed by atoms with Crippen molar-refractivity contribution in [1.82, 2.24) is 5.32 Å². The first-order valence-corrected chi connectivity index (χ1v) is 6.69. The maximum absolute atomic E-state index is 6.19. The molecule has 0 fully saturated rings. The summed E-state index contributed by atoms with van der Waals surface area (Å²) in [6, 6.07) is 8.21. The first-order chi connectivity index (χ1) is 8.27. The minimum atomic E-state index is 0.223. The van der Waals surface area contributed by atoms with Crippen LogP contribution in [0.2, 0.25) is 5.02 Å². The van der Waals surface area contributed by atoms with Crippen LogP contribution in [0.5, 0.6) is 0 Å². The average molecular weight is 251 g/mol. The van der Waals surface area contributed by atoms with Crippen LogP contribution in [0.15, 0.2) is 29.3 Å². The smallest absolute Gasteiger partial charge is 0.0967 e. The Hall–Kier alpha value is -1.02. The highest BCUT2D eigenvalue weighted by Gasteiger charge is 2.11. The van der Waals surface area contributed by atoms with E-state index in [-0.39, 0.29) is 6.04 Å². The molecule has 1 N–H and O–H groups in total. The second kappa shape index (κ2) is 6.06. The van der Waals surface area contributed by atoms with Crippen LogP contribution in [0.25, 0.3) is 0 Å². The molecule has 1 aromatic carbocycles. The van der Waals surface area contributed by atoms with E-state index in [1.165, 1.54) is 19.3 Å². The zero-order valence-electron chi connectivity index (χ0n) is 10.2. The SMILES string of the molecule is CC(NC1=NCCCCC1)c1ccccc1Cl. The molecule has 0 amide bonds. The molecule has 0 aromatic heterocycles. The van der Waals surface area contributed by atoms with Gasteiger partial charge < -0.3 is 5.32 Å². The summed E-state index contributed by atoms with van der Waals surface area (Å²) in [4.78, 5) is 4.58. The first kappa shape index (κ1) is 12.4. The third-order valence-electron chi connectivity index (χ3n) is 3.13. The molecule has 17 heavy (non-hydrogen) atoms. The van der Waals surface area contributed by atoms with Crippen molar-refractivity contribution in [3.8, 4) is 0 Å². The lowest BCUT2D eigenvalue weighted by atomic mass is 10.1. The molecule has 0 saturated heterocycles.